The number of hydrogen-bond acceptors (Lipinski definition) is 2. The Hall–Kier alpha value is -0.860. The maximum Gasteiger partial charge on any atom is 0.0488 e. The minimum Gasteiger partial charge on any atom is -0.271 e. The van der Waals surface area contributed by atoms with Crippen LogP contribution in [0.2, 0.25) is 0 Å². The van der Waals surface area contributed by atoms with Gasteiger partial charge in [-0.2, -0.15) is 0 Å². The van der Waals surface area contributed by atoms with E-state index in [9.17, 15) is 0 Å². The fraction of sp³-hybridized carbons (Fsp3) is 0.571. The zero-order chi connectivity index (χ0) is 12.3. The number of rotatable bonds is 4. The molecule has 0 heterocycles. The standard InChI is InChI=1S/C14H24N2/c1-6-9(2)14(16-15)13-8-11(4)10(3)7-12(13)5/h7-9,14,16H,6,15H2,1-5H3. The largest absolute Gasteiger partial charge is 0.271 e. The Labute approximate surface area is 99.2 Å². The third-order valence-electron chi connectivity index (χ3n) is 3.61. The summed E-state index contributed by atoms with van der Waals surface area (Å²) in [5, 5.41) is 0. The molecule has 2 nitrogen and oxygen atoms in total. The molecule has 0 fully saturated rings. The van der Waals surface area contributed by atoms with Crippen LogP contribution in [0.25, 0.3) is 0 Å². The quantitative estimate of drug-likeness (QED) is 0.604. The third-order valence-corrected chi connectivity index (χ3v) is 3.61. The first-order chi connectivity index (χ1) is 7.51. The number of aryl methyl sites for hydroxylation is 3. The molecule has 0 radical (unpaired) electrons. The van der Waals surface area contributed by atoms with Gasteiger partial charge in [0.05, 0.1) is 0 Å². The van der Waals surface area contributed by atoms with E-state index in [1.807, 2.05) is 0 Å². The predicted octanol–water partition coefficient (Wildman–Crippen LogP) is 3.16. The highest BCUT2D eigenvalue weighted by Crippen LogP contribution is 2.28. The van der Waals surface area contributed by atoms with Crippen molar-refractivity contribution in [2.24, 2.45) is 11.8 Å². The highest BCUT2D eigenvalue weighted by atomic mass is 15.2. The molecule has 0 amide bonds. The monoisotopic (exact) mass is 220 g/mol. The fourth-order valence-corrected chi connectivity index (χ4v) is 2.11. The second-order valence-electron chi connectivity index (χ2n) is 4.82. The lowest BCUT2D eigenvalue weighted by Crippen LogP contribution is -2.33. The van der Waals surface area contributed by atoms with Crippen molar-refractivity contribution >= 4 is 0 Å². The first-order valence-electron chi connectivity index (χ1n) is 6.05. The summed E-state index contributed by atoms with van der Waals surface area (Å²) in [7, 11) is 0. The molecule has 0 aliphatic rings. The van der Waals surface area contributed by atoms with Crippen LogP contribution in [0.4, 0.5) is 0 Å². The number of hydrogen-bond donors (Lipinski definition) is 2. The number of nitrogens with one attached hydrogen (secondary N) is 1. The number of nitrogens with two attached hydrogens (primary N) is 1. The van der Waals surface area contributed by atoms with Crippen LogP contribution in [0, 0.1) is 26.7 Å². The van der Waals surface area contributed by atoms with Gasteiger partial charge in [0.25, 0.3) is 0 Å². The molecular formula is C14H24N2. The van der Waals surface area contributed by atoms with Gasteiger partial charge in [-0.15, -0.1) is 0 Å². The highest BCUT2D eigenvalue weighted by Gasteiger charge is 2.18. The lowest BCUT2D eigenvalue weighted by atomic mass is 9.88. The van der Waals surface area contributed by atoms with Crippen molar-refractivity contribution in [2.75, 3.05) is 0 Å². The lowest BCUT2D eigenvalue weighted by Gasteiger charge is -2.25. The van der Waals surface area contributed by atoms with Crippen LogP contribution in [-0.4, -0.2) is 0 Å². The Kier molecular flexibility index (Phi) is 4.51. The Morgan fingerprint density at radius 2 is 1.69 bits per heavy atom. The summed E-state index contributed by atoms with van der Waals surface area (Å²) in [6, 6.07) is 4.77. The summed E-state index contributed by atoms with van der Waals surface area (Å²) in [6.45, 7) is 10.9. The van der Waals surface area contributed by atoms with Crippen LogP contribution in [0.5, 0.6) is 0 Å². The predicted molar refractivity (Wildman–Crippen MR) is 70.2 cm³/mol. The van der Waals surface area contributed by atoms with E-state index in [-0.39, 0.29) is 6.04 Å². The van der Waals surface area contributed by atoms with Gasteiger partial charge in [-0.25, -0.2) is 0 Å². The summed E-state index contributed by atoms with van der Waals surface area (Å²) in [5.74, 6) is 6.24. The zero-order valence-corrected chi connectivity index (χ0v) is 11.1. The van der Waals surface area contributed by atoms with Gasteiger partial charge in [-0.1, -0.05) is 32.4 Å². The SMILES string of the molecule is CCC(C)C(NN)c1cc(C)c(C)cc1C. The average Bonchev–Trinajstić information content (AvgIpc) is 2.26. The second kappa shape index (κ2) is 5.46. The lowest BCUT2D eigenvalue weighted by molar-refractivity contribution is 0.381. The van der Waals surface area contributed by atoms with Crippen LogP contribution in [0.3, 0.4) is 0 Å². The summed E-state index contributed by atoms with van der Waals surface area (Å²) in [5.41, 5.74) is 8.30. The van der Waals surface area contributed by atoms with E-state index in [2.05, 4.69) is 52.2 Å². The maximum atomic E-state index is 5.69. The molecular weight excluding hydrogens is 196 g/mol. The Morgan fingerprint density at radius 1 is 1.12 bits per heavy atom. The Balaban J connectivity index is 3.15. The van der Waals surface area contributed by atoms with Gasteiger partial charge >= 0.3 is 0 Å². The average molecular weight is 220 g/mol. The van der Waals surface area contributed by atoms with Crippen LogP contribution in [-0.2, 0) is 0 Å². The van der Waals surface area contributed by atoms with Gasteiger partial charge < -0.3 is 0 Å². The normalized spacial score (nSPS) is 14.9. The summed E-state index contributed by atoms with van der Waals surface area (Å²) in [6.07, 6.45) is 1.13. The fourth-order valence-electron chi connectivity index (χ4n) is 2.11. The molecule has 1 aromatic carbocycles. The zero-order valence-electron chi connectivity index (χ0n) is 11.1. The van der Waals surface area contributed by atoms with Gasteiger partial charge in [0.2, 0.25) is 0 Å². The number of benzene rings is 1. The minimum absolute atomic E-state index is 0.254. The van der Waals surface area contributed by atoms with Crippen molar-refractivity contribution in [3.63, 3.8) is 0 Å². The topological polar surface area (TPSA) is 38.0 Å². The Bertz CT molecular complexity index is 358. The third kappa shape index (κ3) is 2.63. The second-order valence-corrected chi connectivity index (χ2v) is 4.82. The summed E-state index contributed by atoms with van der Waals surface area (Å²) >= 11 is 0. The first-order valence-corrected chi connectivity index (χ1v) is 6.05. The number of hydrazine groups is 1. The van der Waals surface area contributed by atoms with Gasteiger partial charge in [-0.3, -0.25) is 11.3 Å². The van der Waals surface area contributed by atoms with E-state index in [4.69, 9.17) is 5.84 Å². The molecule has 0 aliphatic heterocycles. The van der Waals surface area contributed by atoms with E-state index in [0.717, 1.165) is 6.42 Å². The van der Waals surface area contributed by atoms with Crippen LogP contribution < -0.4 is 11.3 Å². The van der Waals surface area contributed by atoms with Gasteiger partial charge in [0.1, 0.15) is 0 Å². The highest BCUT2D eigenvalue weighted by molar-refractivity contribution is 5.38. The van der Waals surface area contributed by atoms with Crippen molar-refractivity contribution in [3.05, 3.63) is 34.4 Å². The van der Waals surface area contributed by atoms with E-state index in [0.29, 0.717) is 5.92 Å². The van der Waals surface area contributed by atoms with Crippen LogP contribution in [0.15, 0.2) is 12.1 Å². The molecule has 0 saturated carbocycles. The van der Waals surface area contributed by atoms with Crippen molar-refractivity contribution in [1.29, 1.82) is 0 Å². The molecule has 1 rings (SSSR count). The van der Waals surface area contributed by atoms with Gasteiger partial charge in [0.15, 0.2) is 0 Å². The molecule has 0 saturated heterocycles. The van der Waals surface area contributed by atoms with E-state index in [1.165, 1.54) is 22.3 Å². The van der Waals surface area contributed by atoms with Crippen molar-refractivity contribution in [2.45, 2.75) is 47.1 Å². The summed E-state index contributed by atoms with van der Waals surface area (Å²) < 4.78 is 0. The van der Waals surface area contributed by atoms with Crippen molar-refractivity contribution in [3.8, 4) is 0 Å². The van der Waals surface area contributed by atoms with Crippen LogP contribution in [0.1, 0.15) is 48.6 Å². The molecule has 0 spiro atoms. The van der Waals surface area contributed by atoms with Crippen molar-refractivity contribution in [1.82, 2.24) is 5.43 Å². The molecule has 2 atom stereocenters. The first kappa shape index (κ1) is 13.2. The van der Waals surface area contributed by atoms with E-state index in [1.54, 1.807) is 0 Å². The molecule has 16 heavy (non-hydrogen) atoms. The summed E-state index contributed by atoms with van der Waals surface area (Å²) in [4.78, 5) is 0. The molecule has 2 unspecified atom stereocenters. The molecule has 3 N–H and O–H groups in total. The molecule has 90 valence electrons. The molecule has 1 aromatic rings. The van der Waals surface area contributed by atoms with Crippen molar-refractivity contribution < 1.29 is 0 Å². The minimum atomic E-state index is 0.254. The molecule has 0 aromatic heterocycles. The molecule has 2 heteroatoms. The van der Waals surface area contributed by atoms with E-state index < -0.39 is 0 Å². The smallest absolute Gasteiger partial charge is 0.0488 e. The maximum absolute atomic E-state index is 5.69. The van der Waals surface area contributed by atoms with Gasteiger partial charge in [0, 0.05) is 6.04 Å². The molecule has 0 bridgehead atoms. The van der Waals surface area contributed by atoms with E-state index >= 15 is 0 Å². The Morgan fingerprint density at radius 3 is 2.19 bits per heavy atom. The van der Waals surface area contributed by atoms with Crippen LogP contribution >= 0.6 is 0 Å². The van der Waals surface area contributed by atoms with Gasteiger partial charge in [-0.05, 0) is 48.9 Å². The molecule has 0 aliphatic carbocycles.